The molecule has 1 atom stereocenters. The second-order valence-corrected chi connectivity index (χ2v) is 9.76. The smallest absolute Gasteiger partial charge is 0.249 e. The van der Waals surface area contributed by atoms with Crippen LogP contribution in [0.4, 0.5) is 5.95 Å². The molecule has 148 valence electrons. The van der Waals surface area contributed by atoms with Crippen LogP contribution in [0.3, 0.4) is 0 Å². The molecule has 0 spiro atoms. The van der Waals surface area contributed by atoms with Crippen LogP contribution in [0.15, 0.2) is 5.16 Å². The first-order valence-electron chi connectivity index (χ1n) is 10.1. The first-order chi connectivity index (χ1) is 13.8. The Labute approximate surface area is 171 Å². The molecule has 28 heavy (non-hydrogen) atoms. The number of amides is 1. The van der Waals surface area contributed by atoms with Crippen LogP contribution in [0, 0.1) is 0 Å². The number of anilines is 1. The number of rotatable bonds is 3. The van der Waals surface area contributed by atoms with Crippen LogP contribution in [0.25, 0.3) is 5.00 Å². The van der Waals surface area contributed by atoms with Crippen molar-refractivity contribution < 1.29 is 4.79 Å². The van der Waals surface area contributed by atoms with Gasteiger partial charge in [-0.2, -0.15) is 0 Å². The summed E-state index contributed by atoms with van der Waals surface area (Å²) in [5.41, 5.74) is 6.29. The Morgan fingerprint density at radius 2 is 2.04 bits per heavy atom. The Morgan fingerprint density at radius 1 is 1.18 bits per heavy atom. The van der Waals surface area contributed by atoms with Crippen LogP contribution in [-0.4, -0.2) is 51.1 Å². The van der Waals surface area contributed by atoms with Crippen molar-refractivity contribution in [3.8, 4) is 5.00 Å². The van der Waals surface area contributed by atoms with Crippen LogP contribution in [0.1, 0.15) is 47.9 Å². The molecule has 3 aliphatic heterocycles. The van der Waals surface area contributed by atoms with E-state index in [1.54, 1.807) is 0 Å². The highest BCUT2D eigenvalue weighted by molar-refractivity contribution is 7.99. The van der Waals surface area contributed by atoms with Gasteiger partial charge in [0.25, 0.3) is 0 Å². The molecule has 0 saturated carbocycles. The number of carbonyl (C=O) groups is 1. The third-order valence-electron chi connectivity index (χ3n) is 6.09. The number of likely N-dealkylation sites (tertiary alicyclic amines) is 1. The predicted octanol–water partition coefficient (Wildman–Crippen LogP) is 1.81. The van der Waals surface area contributed by atoms with Crippen molar-refractivity contribution >= 4 is 35.0 Å². The van der Waals surface area contributed by atoms with E-state index in [0.717, 1.165) is 50.1 Å². The molecule has 0 bridgehead atoms. The van der Waals surface area contributed by atoms with Crippen LogP contribution in [0.5, 0.6) is 0 Å². The second kappa shape index (κ2) is 6.72. The molecular weight excluding hydrogens is 394 g/mol. The standard InChI is InChI=1S/C18H23N7OS2/c26-13(23-7-3-4-8-23)9-27-18-22-21-17-24(18)16-14(15-19-10-20-25(15)17)11-5-1-2-6-12(11)28-16/h15,19-20H,1-10H2. The number of hydrogen-bond acceptors (Lipinski definition) is 8. The molecule has 6 rings (SSSR count). The van der Waals surface area contributed by atoms with Gasteiger partial charge in [0.05, 0.1) is 12.4 Å². The number of thioether (sulfide) groups is 1. The third-order valence-corrected chi connectivity index (χ3v) is 8.29. The van der Waals surface area contributed by atoms with Crippen molar-refractivity contribution in [1.82, 2.24) is 30.4 Å². The van der Waals surface area contributed by atoms with E-state index < -0.39 is 0 Å². The summed E-state index contributed by atoms with van der Waals surface area (Å²) in [5, 5.41) is 16.7. The molecule has 4 aliphatic rings. The van der Waals surface area contributed by atoms with E-state index in [2.05, 4.69) is 30.5 Å². The highest BCUT2D eigenvalue weighted by Crippen LogP contribution is 2.47. The van der Waals surface area contributed by atoms with Crippen LogP contribution in [0.2, 0.25) is 0 Å². The summed E-state index contributed by atoms with van der Waals surface area (Å²) in [4.78, 5) is 16.0. The molecule has 1 unspecified atom stereocenters. The fraction of sp³-hybridized carbons (Fsp3) is 0.611. The fourth-order valence-corrected chi connectivity index (χ4v) is 7.04. The Bertz CT molecular complexity index is 933. The molecule has 8 nitrogen and oxygen atoms in total. The SMILES string of the molecule is O=C(CSc1nnc2n1-c1sc3c(c1C1NCNN21)CCCC3)N1CCCC1. The summed E-state index contributed by atoms with van der Waals surface area (Å²) in [6.45, 7) is 2.51. The minimum Gasteiger partial charge on any atom is -0.342 e. The van der Waals surface area contributed by atoms with E-state index in [1.807, 2.05) is 16.2 Å². The average Bonchev–Trinajstić information content (AvgIpc) is 3.50. The second-order valence-electron chi connectivity index (χ2n) is 7.74. The lowest BCUT2D eigenvalue weighted by Crippen LogP contribution is -2.39. The van der Waals surface area contributed by atoms with Crippen molar-refractivity contribution in [2.24, 2.45) is 0 Å². The summed E-state index contributed by atoms with van der Waals surface area (Å²) in [6, 6.07) is 0. The number of carbonyl (C=O) groups excluding carboxylic acids is 1. The van der Waals surface area contributed by atoms with Gasteiger partial charge in [-0.3, -0.25) is 15.1 Å². The molecule has 2 aromatic rings. The number of nitrogens with zero attached hydrogens (tertiary/aromatic N) is 5. The maximum Gasteiger partial charge on any atom is 0.249 e. The highest BCUT2D eigenvalue weighted by Gasteiger charge is 2.41. The van der Waals surface area contributed by atoms with Gasteiger partial charge < -0.3 is 4.90 Å². The lowest BCUT2D eigenvalue weighted by Gasteiger charge is -2.31. The zero-order valence-electron chi connectivity index (χ0n) is 15.6. The van der Waals surface area contributed by atoms with Crippen molar-refractivity contribution in [2.45, 2.75) is 49.8 Å². The largest absolute Gasteiger partial charge is 0.342 e. The Kier molecular flexibility index (Phi) is 4.14. The Balaban J connectivity index is 1.37. The van der Waals surface area contributed by atoms with Crippen LogP contribution >= 0.6 is 23.1 Å². The third kappa shape index (κ3) is 2.54. The van der Waals surface area contributed by atoms with Gasteiger partial charge in [0, 0.05) is 23.5 Å². The minimum atomic E-state index is 0.119. The molecule has 1 aliphatic carbocycles. The van der Waals surface area contributed by atoms with Gasteiger partial charge in [-0.05, 0) is 44.1 Å². The predicted molar refractivity (Wildman–Crippen MR) is 109 cm³/mol. The van der Waals surface area contributed by atoms with Crippen LogP contribution < -0.4 is 15.8 Å². The molecule has 5 heterocycles. The van der Waals surface area contributed by atoms with Crippen molar-refractivity contribution in [2.75, 3.05) is 30.5 Å². The topological polar surface area (TPSA) is 78.3 Å². The summed E-state index contributed by atoms with van der Waals surface area (Å²) in [6.07, 6.45) is 7.21. The quantitative estimate of drug-likeness (QED) is 0.738. The van der Waals surface area contributed by atoms with Gasteiger partial charge in [-0.25, -0.2) is 9.99 Å². The van der Waals surface area contributed by atoms with E-state index in [1.165, 1.54) is 52.0 Å². The molecule has 2 N–H and O–H groups in total. The van der Waals surface area contributed by atoms with Gasteiger partial charge in [-0.15, -0.1) is 21.5 Å². The van der Waals surface area contributed by atoms with Crippen LogP contribution in [-0.2, 0) is 17.6 Å². The summed E-state index contributed by atoms with van der Waals surface area (Å²) >= 11 is 3.40. The zero-order chi connectivity index (χ0) is 18.7. The number of hydrazine groups is 1. The van der Waals surface area contributed by atoms with Crippen molar-refractivity contribution in [3.05, 3.63) is 16.0 Å². The molecule has 2 saturated heterocycles. The van der Waals surface area contributed by atoms with E-state index in [-0.39, 0.29) is 12.1 Å². The summed E-state index contributed by atoms with van der Waals surface area (Å²) < 4.78 is 2.16. The van der Waals surface area contributed by atoms with Crippen molar-refractivity contribution in [3.63, 3.8) is 0 Å². The summed E-state index contributed by atoms with van der Waals surface area (Å²) in [7, 11) is 0. The van der Waals surface area contributed by atoms with Gasteiger partial charge >= 0.3 is 0 Å². The molecule has 2 aromatic heterocycles. The first-order valence-corrected chi connectivity index (χ1v) is 11.9. The number of hydrogen-bond donors (Lipinski definition) is 2. The monoisotopic (exact) mass is 417 g/mol. The number of thiophene rings is 1. The summed E-state index contributed by atoms with van der Waals surface area (Å²) in [5.74, 6) is 1.45. The molecule has 1 amide bonds. The Hall–Kier alpha value is -1.62. The van der Waals surface area contributed by atoms with E-state index in [4.69, 9.17) is 0 Å². The number of fused-ring (bicyclic) bond motifs is 8. The number of nitrogens with one attached hydrogen (secondary N) is 2. The Morgan fingerprint density at radius 3 is 2.93 bits per heavy atom. The lowest BCUT2D eigenvalue weighted by atomic mass is 9.94. The molecular formula is C18H23N7OS2. The normalized spacial score (nSPS) is 22.8. The van der Waals surface area contributed by atoms with E-state index in [9.17, 15) is 4.79 Å². The maximum atomic E-state index is 12.5. The number of aryl methyl sites for hydroxylation is 1. The maximum absolute atomic E-state index is 12.5. The van der Waals surface area contributed by atoms with Gasteiger partial charge in [0.2, 0.25) is 11.9 Å². The van der Waals surface area contributed by atoms with E-state index >= 15 is 0 Å². The first kappa shape index (κ1) is 17.3. The molecule has 2 fully saturated rings. The van der Waals surface area contributed by atoms with E-state index in [0.29, 0.717) is 5.75 Å². The molecule has 0 aromatic carbocycles. The van der Waals surface area contributed by atoms with Gasteiger partial charge in [-0.1, -0.05) is 11.8 Å². The van der Waals surface area contributed by atoms with Crippen molar-refractivity contribution in [1.29, 1.82) is 0 Å². The van der Waals surface area contributed by atoms with Gasteiger partial charge in [0.15, 0.2) is 5.16 Å². The molecule has 10 heteroatoms. The minimum absolute atomic E-state index is 0.119. The lowest BCUT2D eigenvalue weighted by molar-refractivity contribution is -0.127. The molecule has 0 radical (unpaired) electrons. The number of aromatic nitrogens is 3. The van der Waals surface area contributed by atoms with Gasteiger partial charge in [0.1, 0.15) is 11.2 Å². The zero-order valence-corrected chi connectivity index (χ0v) is 17.2. The highest BCUT2D eigenvalue weighted by atomic mass is 32.2. The average molecular weight is 418 g/mol. The fourth-order valence-electron chi connectivity index (χ4n) is 4.73.